The largest absolute Gasteiger partial charge is 0.383 e. The third-order valence-corrected chi connectivity index (χ3v) is 3.55. The minimum atomic E-state index is 0.216. The SMILES string of the molecule is C=CCN(CC=C)C(CN=C(NCC)NC(C)COC)C(C)C. The van der Waals surface area contributed by atoms with Crippen LogP contribution in [0.4, 0.5) is 0 Å². The molecule has 0 aromatic rings. The van der Waals surface area contributed by atoms with E-state index in [4.69, 9.17) is 9.73 Å². The van der Waals surface area contributed by atoms with Crippen molar-refractivity contribution in [1.29, 1.82) is 0 Å². The van der Waals surface area contributed by atoms with Crippen LogP contribution < -0.4 is 10.6 Å². The average Bonchev–Trinajstić information content (AvgIpc) is 2.47. The Morgan fingerprint density at radius 3 is 2.26 bits per heavy atom. The minimum absolute atomic E-state index is 0.216. The summed E-state index contributed by atoms with van der Waals surface area (Å²) in [5.41, 5.74) is 0. The van der Waals surface area contributed by atoms with E-state index < -0.39 is 0 Å². The van der Waals surface area contributed by atoms with Crippen molar-refractivity contribution in [2.45, 2.75) is 39.8 Å². The van der Waals surface area contributed by atoms with E-state index in [1.807, 2.05) is 12.2 Å². The Bertz CT molecular complexity index is 345. The van der Waals surface area contributed by atoms with Crippen molar-refractivity contribution in [2.75, 3.05) is 39.9 Å². The Hall–Kier alpha value is -1.33. The van der Waals surface area contributed by atoms with Gasteiger partial charge in [0.15, 0.2) is 5.96 Å². The molecule has 0 amide bonds. The molecule has 5 nitrogen and oxygen atoms in total. The maximum Gasteiger partial charge on any atom is 0.191 e. The third-order valence-electron chi connectivity index (χ3n) is 3.55. The summed E-state index contributed by atoms with van der Waals surface area (Å²) in [5, 5.41) is 6.66. The van der Waals surface area contributed by atoms with Crippen LogP contribution in [-0.4, -0.2) is 62.8 Å². The fraction of sp³-hybridized carbons (Fsp3) is 0.722. The molecule has 0 aliphatic carbocycles. The molecule has 2 N–H and O–H groups in total. The summed E-state index contributed by atoms with van der Waals surface area (Å²) >= 11 is 0. The fourth-order valence-electron chi connectivity index (χ4n) is 2.45. The number of ether oxygens (including phenoxy) is 1. The molecule has 0 bridgehead atoms. The maximum atomic E-state index is 5.17. The number of nitrogens with one attached hydrogen (secondary N) is 2. The van der Waals surface area contributed by atoms with E-state index >= 15 is 0 Å². The summed E-state index contributed by atoms with van der Waals surface area (Å²) in [6.07, 6.45) is 3.87. The van der Waals surface area contributed by atoms with Gasteiger partial charge in [-0.25, -0.2) is 0 Å². The molecule has 0 aromatic carbocycles. The molecule has 5 heteroatoms. The Morgan fingerprint density at radius 2 is 1.83 bits per heavy atom. The average molecular weight is 325 g/mol. The van der Waals surface area contributed by atoms with Gasteiger partial charge in [-0.05, 0) is 19.8 Å². The van der Waals surface area contributed by atoms with Gasteiger partial charge in [0.05, 0.1) is 13.2 Å². The summed E-state index contributed by atoms with van der Waals surface area (Å²) < 4.78 is 5.17. The first-order valence-electron chi connectivity index (χ1n) is 8.49. The Labute approximate surface area is 142 Å². The zero-order valence-corrected chi connectivity index (χ0v) is 15.6. The zero-order chi connectivity index (χ0) is 17.7. The first-order valence-corrected chi connectivity index (χ1v) is 8.49. The fourth-order valence-corrected chi connectivity index (χ4v) is 2.45. The van der Waals surface area contributed by atoms with Crippen molar-refractivity contribution >= 4 is 5.96 Å². The van der Waals surface area contributed by atoms with Crippen molar-refractivity contribution < 1.29 is 4.74 Å². The molecule has 0 radical (unpaired) electrons. The Morgan fingerprint density at radius 1 is 1.22 bits per heavy atom. The van der Waals surface area contributed by atoms with Gasteiger partial charge in [0.2, 0.25) is 0 Å². The molecule has 0 spiro atoms. The number of guanidine groups is 1. The molecule has 2 atom stereocenters. The summed E-state index contributed by atoms with van der Waals surface area (Å²) in [4.78, 5) is 7.13. The van der Waals surface area contributed by atoms with Gasteiger partial charge in [-0.3, -0.25) is 9.89 Å². The topological polar surface area (TPSA) is 48.9 Å². The summed E-state index contributed by atoms with van der Waals surface area (Å²) in [5.74, 6) is 1.33. The molecular formula is C18H36N4O. The standard InChI is InChI=1S/C18H36N4O/c1-8-11-22(12-9-2)17(15(4)5)13-20-18(19-10-3)21-16(6)14-23-7/h8-9,15-17H,1-2,10-14H2,3-7H3,(H2,19,20,21). The Balaban J connectivity index is 4.97. The van der Waals surface area contributed by atoms with Crippen LogP contribution in [0.5, 0.6) is 0 Å². The van der Waals surface area contributed by atoms with Gasteiger partial charge >= 0.3 is 0 Å². The van der Waals surface area contributed by atoms with Crippen LogP contribution in [0.2, 0.25) is 0 Å². The van der Waals surface area contributed by atoms with E-state index in [1.165, 1.54) is 0 Å². The van der Waals surface area contributed by atoms with Crippen LogP contribution in [0.1, 0.15) is 27.7 Å². The summed E-state index contributed by atoms with van der Waals surface area (Å²) in [6, 6.07) is 0.562. The number of hydrogen-bond acceptors (Lipinski definition) is 3. The molecule has 0 saturated carbocycles. The lowest BCUT2D eigenvalue weighted by Crippen LogP contribution is -2.46. The molecular weight excluding hydrogens is 288 g/mol. The van der Waals surface area contributed by atoms with Gasteiger partial charge < -0.3 is 15.4 Å². The highest BCUT2D eigenvalue weighted by atomic mass is 16.5. The van der Waals surface area contributed by atoms with Crippen LogP contribution in [0, 0.1) is 5.92 Å². The smallest absolute Gasteiger partial charge is 0.191 e. The molecule has 0 aromatic heterocycles. The van der Waals surface area contributed by atoms with Gasteiger partial charge in [-0.1, -0.05) is 26.0 Å². The van der Waals surface area contributed by atoms with E-state index in [1.54, 1.807) is 7.11 Å². The number of aliphatic imine (C=N–C) groups is 1. The zero-order valence-electron chi connectivity index (χ0n) is 15.6. The number of methoxy groups -OCH3 is 1. The second-order valence-corrected chi connectivity index (χ2v) is 6.06. The van der Waals surface area contributed by atoms with E-state index in [2.05, 4.69) is 56.4 Å². The van der Waals surface area contributed by atoms with Gasteiger partial charge in [-0.2, -0.15) is 0 Å². The predicted molar refractivity (Wildman–Crippen MR) is 101 cm³/mol. The third kappa shape index (κ3) is 9.41. The van der Waals surface area contributed by atoms with Gasteiger partial charge in [0, 0.05) is 38.8 Å². The molecule has 23 heavy (non-hydrogen) atoms. The second-order valence-electron chi connectivity index (χ2n) is 6.06. The van der Waals surface area contributed by atoms with E-state index in [0.717, 1.165) is 32.1 Å². The van der Waals surface area contributed by atoms with Crippen molar-refractivity contribution in [3.8, 4) is 0 Å². The highest BCUT2D eigenvalue weighted by molar-refractivity contribution is 5.80. The lowest BCUT2D eigenvalue weighted by Gasteiger charge is -2.32. The van der Waals surface area contributed by atoms with E-state index in [9.17, 15) is 0 Å². The van der Waals surface area contributed by atoms with Crippen LogP contribution in [0.3, 0.4) is 0 Å². The first-order chi connectivity index (χ1) is 11.0. The van der Waals surface area contributed by atoms with Gasteiger partial charge in [-0.15, -0.1) is 13.2 Å². The lowest BCUT2D eigenvalue weighted by atomic mass is 10.0. The molecule has 0 saturated heterocycles. The Kier molecular flexibility index (Phi) is 12.4. The first kappa shape index (κ1) is 21.7. The van der Waals surface area contributed by atoms with Crippen LogP contribution in [-0.2, 0) is 4.74 Å². The highest BCUT2D eigenvalue weighted by Crippen LogP contribution is 2.11. The predicted octanol–water partition coefficient (Wildman–Crippen LogP) is 2.27. The molecule has 0 aliphatic heterocycles. The van der Waals surface area contributed by atoms with Crippen LogP contribution >= 0.6 is 0 Å². The van der Waals surface area contributed by atoms with E-state index in [-0.39, 0.29) is 6.04 Å². The van der Waals surface area contributed by atoms with Crippen molar-refractivity contribution in [2.24, 2.45) is 10.9 Å². The summed E-state index contributed by atoms with van der Waals surface area (Å²) in [6.45, 7) is 20.2. The summed E-state index contributed by atoms with van der Waals surface area (Å²) in [7, 11) is 1.71. The minimum Gasteiger partial charge on any atom is -0.383 e. The monoisotopic (exact) mass is 324 g/mol. The van der Waals surface area contributed by atoms with Crippen molar-refractivity contribution in [1.82, 2.24) is 15.5 Å². The second kappa shape index (κ2) is 13.1. The van der Waals surface area contributed by atoms with Gasteiger partial charge in [0.25, 0.3) is 0 Å². The van der Waals surface area contributed by atoms with Crippen LogP contribution in [0.15, 0.2) is 30.3 Å². The molecule has 0 aliphatic rings. The number of hydrogen-bond donors (Lipinski definition) is 2. The molecule has 0 rings (SSSR count). The van der Waals surface area contributed by atoms with Crippen molar-refractivity contribution in [3.05, 3.63) is 25.3 Å². The molecule has 0 fully saturated rings. The normalized spacial score (nSPS) is 14.7. The molecule has 134 valence electrons. The van der Waals surface area contributed by atoms with E-state index in [0.29, 0.717) is 18.6 Å². The molecule has 0 heterocycles. The van der Waals surface area contributed by atoms with Crippen molar-refractivity contribution in [3.63, 3.8) is 0 Å². The number of rotatable bonds is 12. The highest BCUT2D eigenvalue weighted by Gasteiger charge is 2.20. The molecule has 2 unspecified atom stereocenters. The lowest BCUT2D eigenvalue weighted by molar-refractivity contribution is 0.178. The quantitative estimate of drug-likeness (QED) is 0.328. The van der Waals surface area contributed by atoms with Gasteiger partial charge in [0.1, 0.15) is 0 Å². The maximum absolute atomic E-state index is 5.17. The number of nitrogens with zero attached hydrogens (tertiary/aromatic N) is 2. The van der Waals surface area contributed by atoms with Crippen LogP contribution in [0.25, 0.3) is 0 Å².